The molecular weight excluding hydrogens is 574 g/mol. The van der Waals surface area contributed by atoms with Gasteiger partial charge in [0.05, 0.1) is 5.56 Å². The molecule has 3 amide bonds. The van der Waals surface area contributed by atoms with Crippen molar-refractivity contribution in [3.63, 3.8) is 0 Å². The monoisotopic (exact) mass is 597 g/mol. The molecule has 2 aliphatic heterocycles. The highest BCUT2D eigenvalue weighted by atomic mass is 32.2. The lowest BCUT2D eigenvalue weighted by molar-refractivity contribution is -0.151. The van der Waals surface area contributed by atoms with E-state index in [0.717, 1.165) is 4.90 Å². The second-order valence-corrected chi connectivity index (χ2v) is 11.1. The van der Waals surface area contributed by atoms with Gasteiger partial charge in [0, 0.05) is 18.6 Å². The van der Waals surface area contributed by atoms with E-state index >= 15 is 0 Å². The number of thioether (sulfide) groups is 2. The molecule has 1 saturated heterocycles. The summed E-state index contributed by atoms with van der Waals surface area (Å²) < 4.78 is 1.45. The molecule has 2 unspecified atom stereocenters. The summed E-state index contributed by atoms with van der Waals surface area (Å²) in [4.78, 5) is 52.9. The lowest BCUT2D eigenvalue weighted by Crippen LogP contribution is -2.71. The number of rotatable bonds is 9. The summed E-state index contributed by atoms with van der Waals surface area (Å²) in [5.41, 5.74) is 0.626. The minimum atomic E-state index is -1.29. The van der Waals surface area contributed by atoms with Crippen LogP contribution in [-0.2, 0) is 21.4 Å². The van der Waals surface area contributed by atoms with Gasteiger partial charge in [-0.3, -0.25) is 19.3 Å². The number of aromatic hydroxyl groups is 2. The van der Waals surface area contributed by atoms with Crippen molar-refractivity contribution in [3.05, 3.63) is 70.9 Å². The van der Waals surface area contributed by atoms with Crippen molar-refractivity contribution >= 4 is 47.2 Å². The number of carboxylic acids is 1. The first-order chi connectivity index (χ1) is 19.7. The number of carbonyl (C=O) groups is 4. The molecule has 2 aromatic carbocycles. The molecule has 3 atom stereocenters. The second kappa shape index (κ2) is 11.5. The number of amides is 3. The number of carbonyl (C=O) groups excluding carboxylic acids is 3. The first-order valence-corrected chi connectivity index (χ1v) is 14.1. The van der Waals surface area contributed by atoms with Crippen molar-refractivity contribution in [3.8, 4) is 11.5 Å². The van der Waals surface area contributed by atoms with Gasteiger partial charge < -0.3 is 26.0 Å². The summed E-state index contributed by atoms with van der Waals surface area (Å²) in [6.07, 6.45) is 0. The number of nitrogens with zero attached hydrogens (tertiary/aromatic N) is 5. The predicted molar refractivity (Wildman–Crippen MR) is 146 cm³/mol. The Balaban J connectivity index is 1.34. The van der Waals surface area contributed by atoms with E-state index in [1.807, 2.05) is 0 Å². The van der Waals surface area contributed by atoms with E-state index in [2.05, 4.69) is 26.2 Å². The third-order valence-electron chi connectivity index (χ3n) is 6.42. The second-order valence-electron chi connectivity index (χ2n) is 9.04. The summed E-state index contributed by atoms with van der Waals surface area (Å²) in [6, 6.07) is 9.05. The van der Waals surface area contributed by atoms with Gasteiger partial charge in [0.2, 0.25) is 11.1 Å². The number of hydrogen-bond donors (Lipinski definition) is 5. The van der Waals surface area contributed by atoms with Crippen LogP contribution in [0.15, 0.2) is 65.0 Å². The number of aromatic nitrogens is 4. The minimum absolute atomic E-state index is 0.0549. The number of phenols is 2. The Kier molecular flexibility index (Phi) is 7.85. The largest absolute Gasteiger partial charge is 0.508 e. The van der Waals surface area contributed by atoms with Crippen LogP contribution in [0.4, 0.5) is 0 Å². The van der Waals surface area contributed by atoms with Gasteiger partial charge in [-0.1, -0.05) is 36.0 Å². The van der Waals surface area contributed by atoms with Crippen molar-refractivity contribution in [2.75, 3.05) is 11.5 Å². The molecule has 0 spiro atoms. The van der Waals surface area contributed by atoms with Crippen LogP contribution < -0.4 is 10.6 Å². The highest BCUT2D eigenvalue weighted by Crippen LogP contribution is 2.41. The third kappa shape index (κ3) is 5.55. The molecule has 0 radical (unpaired) electrons. The van der Waals surface area contributed by atoms with Crippen molar-refractivity contribution in [1.82, 2.24) is 35.7 Å². The van der Waals surface area contributed by atoms with E-state index in [-0.39, 0.29) is 28.5 Å². The van der Waals surface area contributed by atoms with E-state index < -0.39 is 41.1 Å². The van der Waals surface area contributed by atoms with Gasteiger partial charge in [-0.05, 0) is 45.8 Å². The maximum Gasteiger partial charge on any atom is 0.352 e. The van der Waals surface area contributed by atoms with Gasteiger partial charge in [-0.15, -0.1) is 16.9 Å². The fraction of sp³-hybridized carbons (Fsp3) is 0.240. The Bertz CT molecular complexity index is 1560. The smallest absolute Gasteiger partial charge is 0.352 e. The van der Waals surface area contributed by atoms with Crippen LogP contribution in [0.2, 0.25) is 0 Å². The molecule has 2 aliphatic rings. The van der Waals surface area contributed by atoms with Gasteiger partial charge in [-0.25, -0.2) is 9.48 Å². The number of nitrogens with one attached hydrogen (secondary N) is 2. The molecule has 5 N–H and O–H groups in total. The molecule has 3 aromatic rings. The van der Waals surface area contributed by atoms with Crippen LogP contribution in [0, 0.1) is 0 Å². The Morgan fingerprint density at radius 2 is 1.88 bits per heavy atom. The third-order valence-corrected chi connectivity index (χ3v) is 8.85. The quantitative estimate of drug-likeness (QED) is 0.170. The van der Waals surface area contributed by atoms with E-state index in [0.29, 0.717) is 22.0 Å². The van der Waals surface area contributed by atoms with Crippen molar-refractivity contribution in [2.45, 2.75) is 22.6 Å². The van der Waals surface area contributed by atoms with Crippen LogP contribution in [0.5, 0.6) is 11.5 Å². The summed E-state index contributed by atoms with van der Waals surface area (Å²) >= 11 is 2.54. The summed E-state index contributed by atoms with van der Waals surface area (Å²) in [6.45, 7) is 0. The van der Waals surface area contributed by atoms with Crippen molar-refractivity contribution < 1.29 is 34.5 Å². The molecule has 0 saturated carbocycles. The van der Waals surface area contributed by atoms with Gasteiger partial charge >= 0.3 is 5.97 Å². The molecule has 5 rings (SSSR count). The molecule has 14 nitrogen and oxygen atoms in total. The van der Waals surface area contributed by atoms with Crippen LogP contribution in [0.1, 0.15) is 22.0 Å². The average molecular weight is 598 g/mol. The lowest BCUT2D eigenvalue weighted by atomic mass is 10.0. The highest BCUT2D eigenvalue weighted by Gasteiger charge is 2.54. The van der Waals surface area contributed by atoms with Gasteiger partial charge in [-0.2, -0.15) is 0 Å². The highest BCUT2D eigenvalue weighted by molar-refractivity contribution is 8.01. The first-order valence-electron chi connectivity index (χ1n) is 12.1. The van der Waals surface area contributed by atoms with E-state index in [4.69, 9.17) is 0 Å². The first kappa shape index (κ1) is 28.0. The predicted octanol–water partition coefficient (Wildman–Crippen LogP) is 0.623. The molecule has 0 aliphatic carbocycles. The maximum atomic E-state index is 13.5. The number of hydrogen-bond acceptors (Lipinski definition) is 11. The molecule has 1 fully saturated rings. The number of benzene rings is 2. The van der Waals surface area contributed by atoms with Crippen LogP contribution in [0.3, 0.4) is 0 Å². The molecule has 212 valence electrons. The summed E-state index contributed by atoms with van der Waals surface area (Å²) in [5, 5.41) is 45.9. The molecule has 0 bridgehead atoms. The lowest BCUT2D eigenvalue weighted by Gasteiger charge is -2.49. The molecular formula is C25H23N7O7S2. The summed E-state index contributed by atoms with van der Waals surface area (Å²) in [7, 11) is 1.66. The zero-order valence-electron chi connectivity index (χ0n) is 21.3. The van der Waals surface area contributed by atoms with Crippen LogP contribution >= 0.6 is 23.5 Å². The van der Waals surface area contributed by atoms with Gasteiger partial charge in [0.1, 0.15) is 34.7 Å². The number of phenolic OH excluding ortho intramolecular Hbond substituents is 2. The maximum absolute atomic E-state index is 13.5. The molecule has 1 aromatic heterocycles. The van der Waals surface area contributed by atoms with Gasteiger partial charge in [0.25, 0.3) is 11.8 Å². The number of fused-ring (bicyclic) bond motifs is 1. The fourth-order valence-electron chi connectivity index (χ4n) is 4.37. The van der Waals surface area contributed by atoms with Crippen LogP contribution in [0.25, 0.3) is 0 Å². The molecule has 16 heteroatoms. The van der Waals surface area contributed by atoms with E-state index in [9.17, 15) is 34.5 Å². The number of para-hydroxylation sites is 1. The Morgan fingerprint density at radius 1 is 1.15 bits per heavy atom. The topological polar surface area (TPSA) is 200 Å². The average Bonchev–Trinajstić information content (AvgIpc) is 3.37. The minimum Gasteiger partial charge on any atom is -0.508 e. The molecule has 3 heterocycles. The van der Waals surface area contributed by atoms with Gasteiger partial charge in [0.15, 0.2) is 0 Å². The van der Waals surface area contributed by atoms with Crippen LogP contribution in [-0.4, -0.2) is 87.0 Å². The number of aliphatic carboxylic acids is 1. The number of tetrazole rings is 1. The van der Waals surface area contributed by atoms with Crippen molar-refractivity contribution in [1.29, 1.82) is 0 Å². The Hall–Kier alpha value is -4.57. The normalized spacial score (nSPS) is 18.8. The Morgan fingerprint density at radius 3 is 2.54 bits per heavy atom. The molecule has 41 heavy (non-hydrogen) atoms. The summed E-state index contributed by atoms with van der Waals surface area (Å²) in [5.74, 6) is -3.12. The van der Waals surface area contributed by atoms with E-state index in [1.54, 1.807) is 19.2 Å². The zero-order valence-corrected chi connectivity index (χ0v) is 22.9. The number of carboxylic acid groups (broad SMARTS) is 1. The fourth-order valence-corrected chi connectivity index (χ4v) is 6.70. The number of β-lactam (4-membered cyclic amide) rings is 1. The Labute approximate surface area is 240 Å². The zero-order chi connectivity index (χ0) is 29.3. The van der Waals surface area contributed by atoms with Crippen molar-refractivity contribution in [2.24, 2.45) is 7.05 Å². The SMILES string of the molecule is Cn1nnnc1SCC1=C(C(=O)O)N2C(=O)C(NC(=O)C(NC(=O)c3ccccc3O)c3ccc(O)cc3)[C@@H]2SC1. The van der Waals surface area contributed by atoms with E-state index in [1.165, 1.54) is 64.6 Å². The standard InChI is InChI=1S/C25H23N7O7S2/c1-31-25(28-29-30-31)41-11-13-10-40-23-18(22(37)32(23)19(13)24(38)39)27-21(36)17(12-6-8-14(33)9-7-12)26-20(35)15-4-2-3-5-16(15)34/h2-9,17-18,23,33-34H,10-11H2,1H3,(H,26,35)(H,27,36)(H,38,39)/t17?,18?,23-/m0/s1. The number of aryl methyl sites for hydroxylation is 1.